The summed E-state index contributed by atoms with van der Waals surface area (Å²) in [5, 5.41) is 27.7. The summed E-state index contributed by atoms with van der Waals surface area (Å²) in [6.07, 6.45) is -6.31. The van der Waals surface area contributed by atoms with Crippen LogP contribution in [0.2, 0.25) is 0 Å². The number of carboxylic acid groups (broad SMARTS) is 2. The van der Waals surface area contributed by atoms with E-state index in [2.05, 4.69) is 20.8 Å². The van der Waals surface area contributed by atoms with Crippen LogP contribution in [0, 0.1) is 0 Å². The van der Waals surface area contributed by atoms with Gasteiger partial charge < -0.3 is 15.0 Å². The number of hydrazine groups is 1. The maximum Gasteiger partial charge on any atom is 0.490 e. The van der Waals surface area contributed by atoms with Gasteiger partial charge in [0.25, 0.3) is 0 Å². The summed E-state index contributed by atoms with van der Waals surface area (Å²) in [5.74, 6) is -0.334. The van der Waals surface area contributed by atoms with Crippen LogP contribution < -0.4 is 20.9 Å². The number of nitrogens with zero attached hydrogens (tertiary/aromatic N) is 5. The van der Waals surface area contributed by atoms with Crippen molar-refractivity contribution in [3.05, 3.63) is 35.9 Å². The second-order valence-corrected chi connectivity index (χ2v) is 5.41. The Balaban J connectivity index is 0.000000570. The Kier molecular flexibility index (Phi) is 10.7. The molecule has 2 heterocycles. The third kappa shape index (κ3) is 12.0. The summed E-state index contributed by atoms with van der Waals surface area (Å²) in [6.45, 7) is 0.506. The second kappa shape index (κ2) is 12.1. The SMILES string of the molecule is Cn1nnc(C[n+]2cccc(CC(=O)NN)c2)n1.O=C(O)C(F)(F)F.O=C([O-])C(F)(F)F. The molecular formula is C14H15F6N7O5. The molecule has 0 aliphatic heterocycles. The first-order chi connectivity index (χ1) is 14.6. The van der Waals surface area contributed by atoms with E-state index in [0.717, 1.165) is 5.56 Å². The van der Waals surface area contributed by atoms with Crippen molar-refractivity contribution in [2.75, 3.05) is 0 Å². The molecule has 1 amide bonds. The highest BCUT2D eigenvalue weighted by Crippen LogP contribution is 2.13. The molecule has 2 aromatic heterocycles. The van der Waals surface area contributed by atoms with Gasteiger partial charge in [-0.25, -0.2) is 10.6 Å². The van der Waals surface area contributed by atoms with Gasteiger partial charge in [0.05, 0.1) is 13.5 Å². The molecule has 0 aliphatic rings. The molecule has 0 unspecified atom stereocenters. The quantitative estimate of drug-likeness (QED) is 0.148. The molecule has 0 saturated carbocycles. The Morgan fingerprint density at radius 2 is 1.75 bits per heavy atom. The van der Waals surface area contributed by atoms with Gasteiger partial charge in [0.15, 0.2) is 12.4 Å². The average Bonchev–Trinajstić information content (AvgIpc) is 3.06. The fourth-order valence-electron chi connectivity index (χ4n) is 1.57. The van der Waals surface area contributed by atoms with Gasteiger partial charge in [-0.05, 0) is 11.3 Å². The van der Waals surface area contributed by atoms with E-state index in [1.807, 2.05) is 29.1 Å². The molecule has 2 aromatic rings. The standard InChI is InChI=1S/C10H13N7O.2C2HF3O2/c1-16-14-9(13-15-16)7-17-4-2-3-8(6-17)5-10(18)12-11;2*3-2(4,5)1(6)7/h2-4,6H,5,7H2,1H3,(H2-,11,12,13,14,15,18);2*(H,6,7). The van der Waals surface area contributed by atoms with Crippen molar-refractivity contribution in [1.29, 1.82) is 0 Å². The summed E-state index contributed by atoms with van der Waals surface area (Å²) in [4.78, 5) is 30.3. The molecule has 0 atom stereocenters. The van der Waals surface area contributed by atoms with Crippen molar-refractivity contribution in [3.63, 3.8) is 0 Å². The maximum absolute atomic E-state index is 11.2. The molecule has 0 fully saturated rings. The lowest BCUT2D eigenvalue weighted by molar-refractivity contribution is -0.689. The lowest BCUT2D eigenvalue weighted by Gasteiger charge is -2.03. The molecule has 4 N–H and O–H groups in total. The van der Waals surface area contributed by atoms with Crippen LogP contribution in [0.25, 0.3) is 0 Å². The number of tetrazole rings is 1. The van der Waals surface area contributed by atoms with Gasteiger partial charge in [-0.2, -0.15) is 35.7 Å². The smallest absolute Gasteiger partial charge is 0.490 e. The van der Waals surface area contributed by atoms with E-state index in [9.17, 15) is 31.1 Å². The fraction of sp³-hybridized carbons (Fsp3) is 0.357. The highest BCUT2D eigenvalue weighted by atomic mass is 19.4. The van der Waals surface area contributed by atoms with Crippen LogP contribution in [0.1, 0.15) is 11.4 Å². The van der Waals surface area contributed by atoms with E-state index in [1.165, 1.54) is 4.80 Å². The third-order valence-corrected chi connectivity index (χ3v) is 2.79. The number of aryl methyl sites for hydroxylation is 1. The summed E-state index contributed by atoms with van der Waals surface area (Å²) in [6, 6.07) is 3.71. The first-order valence-electron chi connectivity index (χ1n) is 7.84. The van der Waals surface area contributed by atoms with E-state index in [4.69, 9.17) is 25.6 Å². The van der Waals surface area contributed by atoms with Gasteiger partial charge in [-0.1, -0.05) is 0 Å². The van der Waals surface area contributed by atoms with Crippen LogP contribution in [0.3, 0.4) is 0 Å². The van der Waals surface area contributed by atoms with E-state index < -0.39 is 24.3 Å². The van der Waals surface area contributed by atoms with Crippen LogP contribution in [-0.2, 0) is 34.4 Å². The Hall–Kier alpha value is -3.83. The fourth-order valence-corrected chi connectivity index (χ4v) is 1.57. The molecule has 0 spiro atoms. The van der Waals surface area contributed by atoms with Gasteiger partial charge in [0.2, 0.25) is 18.3 Å². The molecule has 0 radical (unpaired) electrons. The molecule has 18 heteroatoms. The minimum absolute atomic E-state index is 0.231. The number of pyridine rings is 1. The van der Waals surface area contributed by atoms with Crippen LogP contribution in [0.5, 0.6) is 0 Å². The molecular weight excluding hydrogens is 460 g/mol. The van der Waals surface area contributed by atoms with E-state index in [-0.39, 0.29) is 12.3 Å². The van der Waals surface area contributed by atoms with Gasteiger partial charge in [-0.3, -0.25) is 10.2 Å². The predicted molar refractivity (Wildman–Crippen MR) is 85.3 cm³/mol. The first-order valence-corrected chi connectivity index (χ1v) is 7.84. The Labute approximate surface area is 174 Å². The van der Waals surface area contributed by atoms with Gasteiger partial charge >= 0.3 is 18.3 Å². The lowest BCUT2D eigenvalue weighted by atomic mass is 10.2. The zero-order chi connectivity index (χ0) is 25.1. The van der Waals surface area contributed by atoms with E-state index in [0.29, 0.717) is 12.4 Å². The number of hydrogen-bond donors (Lipinski definition) is 3. The highest BCUT2D eigenvalue weighted by molar-refractivity contribution is 5.77. The van der Waals surface area contributed by atoms with Crippen LogP contribution in [0.15, 0.2) is 24.5 Å². The van der Waals surface area contributed by atoms with Crippen LogP contribution >= 0.6 is 0 Å². The summed E-state index contributed by atoms with van der Waals surface area (Å²) in [7, 11) is 1.71. The van der Waals surface area contributed by atoms with Crippen molar-refractivity contribution in [2.24, 2.45) is 12.9 Å². The number of alkyl halides is 6. The largest absolute Gasteiger partial charge is 0.542 e. The Morgan fingerprint density at radius 3 is 2.12 bits per heavy atom. The Morgan fingerprint density at radius 1 is 1.22 bits per heavy atom. The number of carboxylic acids is 2. The Bertz CT molecular complexity index is 892. The van der Waals surface area contributed by atoms with Crippen molar-refractivity contribution in [1.82, 2.24) is 25.6 Å². The molecule has 0 bridgehead atoms. The maximum atomic E-state index is 11.2. The van der Waals surface area contributed by atoms with E-state index >= 15 is 0 Å². The zero-order valence-electron chi connectivity index (χ0n) is 15.9. The van der Waals surface area contributed by atoms with Crippen LogP contribution in [0.4, 0.5) is 26.3 Å². The molecule has 2 rings (SSSR count). The number of rotatable bonds is 4. The number of hydrogen-bond acceptors (Lipinski definition) is 8. The number of nitrogens with two attached hydrogens (primary N) is 1. The van der Waals surface area contributed by atoms with Gasteiger partial charge in [0, 0.05) is 11.6 Å². The molecule has 0 saturated heterocycles. The van der Waals surface area contributed by atoms with Crippen molar-refractivity contribution < 1.29 is 55.5 Å². The number of nitrogens with one attached hydrogen (secondary N) is 1. The van der Waals surface area contributed by atoms with Crippen molar-refractivity contribution in [3.8, 4) is 0 Å². The topological polar surface area (TPSA) is 180 Å². The number of halogens is 6. The molecule has 0 aliphatic carbocycles. The van der Waals surface area contributed by atoms with E-state index in [1.54, 1.807) is 7.05 Å². The molecule has 32 heavy (non-hydrogen) atoms. The van der Waals surface area contributed by atoms with Gasteiger partial charge in [-0.15, -0.1) is 10.2 Å². The molecule has 0 aromatic carbocycles. The van der Waals surface area contributed by atoms with Crippen LogP contribution in [-0.4, -0.2) is 55.5 Å². The van der Waals surface area contributed by atoms with Gasteiger partial charge in [0.1, 0.15) is 5.97 Å². The zero-order valence-corrected chi connectivity index (χ0v) is 15.9. The second-order valence-electron chi connectivity index (χ2n) is 5.41. The number of amides is 1. The minimum atomic E-state index is -5.19. The van der Waals surface area contributed by atoms with Crippen molar-refractivity contribution >= 4 is 17.8 Å². The number of carbonyl (C=O) groups is 3. The number of aromatic nitrogens is 5. The third-order valence-electron chi connectivity index (χ3n) is 2.79. The molecule has 12 nitrogen and oxygen atoms in total. The monoisotopic (exact) mass is 475 g/mol. The summed E-state index contributed by atoms with van der Waals surface area (Å²) in [5.41, 5.74) is 2.96. The van der Waals surface area contributed by atoms with Crippen molar-refractivity contribution in [2.45, 2.75) is 25.3 Å². The lowest BCUT2D eigenvalue weighted by Crippen LogP contribution is -2.37. The minimum Gasteiger partial charge on any atom is -0.542 e. The summed E-state index contributed by atoms with van der Waals surface area (Å²) < 4.78 is 65.2. The number of carbonyl (C=O) groups excluding carboxylic acids is 2. The first kappa shape index (κ1) is 28.2. The normalized spacial score (nSPS) is 10.8. The highest BCUT2D eigenvalue weighted by Gasteiger charge is 2.38. The average molecular weight is 475 g/mol. The predicted octanol–water partition coefficient (Wildman–Crippen LogP) is -1.99. The summed E-state index contributed by atoms with van der Waals surface area (Å²) >= 11 is 0. The number of aliphatic carboxylic acids is 2. The molecule has 178 valence electrons.